The highest BCUT2D eigenvalue weighted by Gasteiger charge is 2.35. The third-order valence-corrected chi connectivity index (χ3v) is 8.79. The Morgan fingerprint density at radius 3 is 2.11 bits per heavy atom. The molecule has 0 unspecified atom stereocenters. The van der Waals surface area contributed by atoms with E-state index in [0.29, 0.717) is 18.1 Å². The zero-order chi connectivity index (χ0) is 33.9. The smallest absolute Gasteiger partial charge is 0.248 e. The molecule has 3 aromatic rings. The molecule has 3 aromatic carbocycles. The maximum Gasteiger partial charge on any atom is 0.248 e. The predicted octanol–water partition coefficient (Wildman–Crippen LogP) is 4.77. The van der Waals surface area contributed by atoms with Gasteiger partial charge in [-0.1, -0.05) is 73.5 Å². The van der Waals surface area contributed by atoms with E-state index in [1.54, 1.807) is 7.05 Å². The van der Waals surface area contributed by atoms with Gasteiger partial charge in [0.15, 0.2) is 11.6 Å². The van der Waals surface area contributed by atoms with Crippen LogP contribution in [0.4, 0.5) is 8.78 Å². The number of carbonyl (C=O) groups excluding carboxylic acids is 3. The molecule has 3 amide bonds. The van der Waals surface area contributed by atoms with Gasteiger partial charge in [0.25, 0.3) is 0 Å². The fraction of sp³-hybridized carbons (Fsp3) is 0.432. The lowest BCUT2D eigenvalue weighted by atomic mass is 9.98. The molecule has 252 valence electrons. The molecule has 1 fully saturated rings. The molecule has 0 spiro atoms. The Morgan fingerprint density at radius 1 is 0.851 bits per heavy atom. The first-order valence-corrected chi connectivity index (χ1v) is 16.2. The van der Waals surface area contributed by atoms with Crippen LogP contribution >= 0.6 is 0 Å². The molecule has 10 heteroatoms. The third kappa shape index (κ3) is 10.2. The summed E-state index contributed by atoms with van der Waals surface area (Å²) in [5.74, 6) is -3.13. The number of rotatable bonds is 15. The Labute approximate surface area is 275 Å². The van der Waals surface area contributed by atoms with Crippen molar-refractivity contribution >= 4 is 17.7 Å². The number of aliphatic hydroxyl groups is 1. The molecule has 0 saturated heterocycles. The summed E-state index contributed by atoms with van der Waals surface area (Å²) in [6.45, 7) is 1.75. The van der Waals surface area contributed by atoms with E-state index in [2.05, 4.69) is 5.32 Å². The lowest BCUT2D eigenvalue weighted by Gasteiger charge is -2.34. The van der Waals surface area contributed by atoms with Crippen LogP contribution in [0.5, 0.6) is 0 Å². The lowest BCUT2D eigenvalue weighted by molar-refractivity contribution is -0.149. The molecule has 0 bridgehead atoms. The molecule has 1 aliphatic carbocycles. The SMILES string of the molecule is C[C@@H](O)CNC(=O)[C@@H](Cc1ccc(F)c(F)c1)N(C)C(=O)[C@@H](Cc1ccc(-c2ccccc2)cc1)N(C)C(=O)COCC1CCCC1. The number of likely N-dealkylation sites (N-methyl/N-ethyl adjacent to an activating group) is 2. The summed E-state index contributed by atoms with van der Waals surface area (Å²) in [5.41, 5.74) is 3.15. The third-order valence-electron chi connectivity index (χ3n) is 8.79. The number of ether oxygens (including phenoxy) is 1. The summed E-state index contributed by atoms with van der Waals surface area (Å²) in [7, 11) is 3.00. The van der Waals surface area contributed by atoms with Gasteiger partial charge in [-0.3, -0.25) is 14.4 Å². The molecule has 8 nitrogen and oxygen atoms in total. The molecule has 1 saturated carbocycles. The fourth-order valence-electron chi connectivity index (χ4n) is 5.89. The van der Waals surface area contributed by atoms with Crippen LogP contribution in [0, 0.1) is 17.6 Å². The number of nitrogens with zero attached hydrogens (tertiary/aromatic N) is 2. The Balaban J connectivity index is 1.58. The summed E-state index contributed by atoms with van der Waals surface area (Å²) in [5, 5.41) is 12.4. The van der Waals surface area contributed by atoms with Crippen LogP contribution in [0.15, 0.2) is 72.8 Å². The maximum atomic E-state index is 14.3. The van der Waals surface area contributed by atoms with E-state index in [0.717, 1.165) is 54.5 Å². The van der Waals surface area contributed by atoms with Crippen molar-refractivity contribution < 1.29 is 33.0 Å². The van der Waals surface area contributed by atoms with Crippen LogP contribution in [0.1, 0.15) is 43.7 Å². The molecule has 0 heterocycles. The lowest BCUT2D eigenvalue weighted by Crippen LogP contribution is -2.56. The quantitative estimate of drug-likeness (QED) is 0.247. The van der Waals surface area contributed by atoms with Crippen molar-refractivity contribution in [3.8, 4) is 11.1 Å². The van der Waals surface area contributed by atoms with Gasteiger partial charge < -0.3 is 25.0 Å². The van der Waals surface area contributed by atoms with Crippen molar-refractivity contribution in [3.05, 3.63) is 95.6 Å². The van der Waals surface area contributed by atoms with Gasteiger partial charge in [0.1, 0.15) is 18.7 Å². The summed E-state index contributed by atoms with van der Waals surface area (Å²) < 4.78 is 33.5. The Hall–Kier alpha value is -4.15. The van der Waals surface area contributed by atoms with Gasteiger partial charge in [-0.05, 0) is 60.1 Å². The van der Waals surface area contributed by atoms with E-state index < -0.39 is 41.6 Å². The zero-order valence-electron chi connectivity index (χ0n) is 27.3. The average Bonchev–Trinajstić information content (AvgIpc) is 3.60. The van der Waals surface area contributed by atoms with Crippen LogP contribution in [0.3, 0.4) is 0 Å². The van der Waals surface area contributed by atoms with Gasteiger partial charge in [0, 0.05) is 33.5 Å². The second-order valence-corrected chi connectivity index (χ2v) is 12.5. The second kappa shape index (κ2) is 17.1. The van der Waals surface area contributed by atoms with E-state index in [1.165, 1.54) is 29.8 Å². The van der Waals surface area contributed by atoms with Gasteiger partial charge in [0.2, 0.25) is 17.7 Å². The molecule has 1 aliphatic rings. The number of benzene rings is 3. The number of aliphatic hydroxyl groups excluding tert-OH is 1. The molecule has 0 radical (unpaired) electrons. The summed E-state index contributed by atoms with van der Waals surface area (Å²) >= 11 is 0. The molecule has 4 rings (SSSR count). The number of hydrogen-bond acceptors (Lipinski definition) is 5. The van der Waals surface area contributed by atoms with Crippen molar-refractivity contribution in [1.82, 2.24) is 15.1 Å². The number of hydrogen-bond donors (Lipinski definition) is 2. The normalized spacial score (nSPS) is 15.1. The van der Waals surface area contributed by atoms with Gasteiger partial charge >= 0.3 is 0 Å². The highest BCUT2D eigenvalue weighted by molar-refractivity contribution is 5.92. The van der Waals surface area contributed by atoms with Gasteiger partial charge in [-0.15, -0.1) is 0 Å². The standard InChI is InChI=1S/C37H45F2N3O5/c1-25(43)22-40-36(45)33(21-28-15-18-31(38)32(39)19-28)42(3)37(46)34(41(2)35(44)24-47-23-27-9-7-8-10-27)20-26-13-16-30(17-14-26)29-11-5-4-6-12-29/h4-6,11-19,25,27,33-34,43H,7-10,20-24H2,1-3H3,(H,40,45)/t25-,33-,34-/m1/s1. The molecular weight excluding hydrogens is 604 g/mol. The van der Waals surface area contributed by atoms with Crippen LogP contribution in [-0.2, 0) is 32.0 Å². The van der Waals surface area contributed by atoms with E-state index in [1.807, 2.05) is 54.6 Å². The summed E-state index contributed by atoms with van der Waals surface area (Å²) in [4.78, 5) is 43.7. The van der Waals surface area contributed by atoms with Gasteiger partial charge in [-0.25, -0.2) is 8.78 Å². The second-order valence-electron chi connectivity index (χ2n) is 12.5. The minimum Gasteiger partial charge on any atom is -0.392 e. The first kappa shape index (κ1) is 35.7. The highest BCUT2D eigenvalue weighted by atomic mass is 19.2. The average molecular weight is 650 g/mol. The number of halogens is 2. The Bertz CT molecular complexity index is 1480. The van der Waals surface area contributed by atoms with Crippen LogP contribution < -0.4 is 5.32 Å². The van der Waals surface area contributed by atoms with Gasteiger partial charge in [0.05, 0.1) is 12.7 Å². The molecule has 47 heavy (non-hydrogen) atoms. The molecular formula is C37H45F2N3O5. The number of nitrogens with one attached hydrogen (secondary N) is 1. The maximum absolute atomic E-state index is 14.3. The van der Waals surface area contributed by atoms with Crippen molar-refractivity contribution in [1.29, 1.82) is 0 Å². The van der Waals surface area contributed by atoms with Crippen molar-refractivity contribution in [3.63, 3.8) is 0 Å². The molecule has 0 aliphatic heterocycles. The molecule has 0 aromatic heterocycles. The molecule has 2 N–H and O–H groups in total. The molecule has 3 atom stereocenters. The van der Waals surface area contributed by atoms with Crippen LogP contribution in [-0.4, -0.2) is 84.7 Å². The summed E-state index contributed by atoms with van der Waals surface area (Å²) in [6.07, 6.45) is 3.66. The predicted molar refractivity (Wildman–Crippen MR) is 176 cm³/mol. The number of carbonyl (C=O) groups is 3. The van der Waals surface area contributed by atoms with Crippen molar-refractivity contribution in [2.75, 3.05) is 33.9 Å². The highest BCUT2D eigenvalue weighted by Crippen LogP contribution is 2.25. The topological polar surface area (TPSA) is 99.2 Å². The van der Waals surface area contributed by atoms with Gasteiger partial charge in [-0.2, -0.15) is 0 Å². The van der Waals surface area contributed by atoms with E-state index in [9.17, 15) is 28.3 Å². The fourth-order valence-corrected chi connectivity index (χ4v) is 5.89. The van der Waals surface area contributed by atoms with Crippen molar-refractivity contribution in [2.24, 2.45) is 5.92 Å². The van der Waals surface area contributed by atoms with E-state index in [-0.39, 0.29) is 31.9 Å². The van der Waals surface area contributed by atoms with Crippen molar-refractivity contribution in [2.45, 2.75) is 63.6 Å². The minimum absolute atomic E-state index is 0.0664. The first-order chi connectivity index (χ1) is 22.5. The zero-order valence-corrected chi connectivity index (χ0v) is 27.3. The van der Waals surface area contributed by atoms with Crippen LogP contribution in [0.25, 0.3) is 11.1 Å². The summed E-state index contributed by atoms with van der Waals surface area (Å²) in [6, 6.07) is 18.8. The minimum atomic E-state index is -1.14. The Kier molecular flexibility index (Phi) is 13.0. The monoisotopic (exact) mass is 649 g/mol. The van der Waals surface area contributed by atoms with Crippen LogP contribution in [0.2, 0.25) is 0 Å². The number of amides is 3. The largest absolute Gasteiger partial charge is 0.392 e. The Morgan fingerprint density at radius 2 is 1.47 bits per heavy atom. The van der Waals surface area contributed by atoms with E-state index in [4.69, 9.17) is 4.74 Å². The first-order valence-electron chi connectivity index (χ1n) is 16.2. The van der Waals surface area contributed by atoms with E-state index >= 15 is 0 Å².